The minimum Gasteiger partial charge on any atom is -0.310 e. The number of rotatable bonds is 5. The first kappa shape index (κ1) is 19.4. The molecule has 1 aliphatic heterocycles. The van der Waals surface area contributed by atoms with E-state index in [1.165, 1.54) is 0 Å². The first-order chi connectivity index (χ1) is 14.0. The summed E-state index contributed by atoms with van der Waals surface area (Å²) < 4.78 is 27.1. The highest BCUT2D eigenvalue weighted by Gasteiger charge is 2.26. The molecule has 0 spiro atoms. The number of carbonyl (C=O) groups is 1. The highest BCUT2D eigenvalue weighted by atomic mass is 19.3. The average Bonchev–Trinajstić information content (AvgIpc) is 3.14. The lowest BCUT2D eigenvalue weighted by Crippen LogP contribution is -2.40. The monoisotopic (exact) mass is 400 g/mol. The summed E-state index contributed by atoms with van der Waals surface area (Å²) in [5.41, 5.74) is 1.69. The number of nitrogens with zero attached hydrogens (tertiary/aromatic N) is 5. The molecule has 29 heavy (non-hydrogen) atoms. The molecule has 4 rings (SSSR count). The van der Waals surface area contributed by atoms with E-state index in [1.54, 1.807) is 10.9 Å². The van der Waals surface area contributed by atoms with E-state index in [-0.39, 0.29) is 12.5 Å². The summed E-state index contributed by atoms with van der Waals surface area (Å²) in [4.78, 5) is 18.6. The van der Waals surface area contributed by atoms with Crippen molar-refractivity contribution in [2.75, 3.05) is 25.0 Å². The second-order valence-corrected chi connectivity index (χ2v) is 7.41. The fraction of sp³-hybridized carbons (Fsp3) is 0.400. The van der Waals surface area contributed by atoms with Crippen LogP contribution in [0.4, 0.5) is 14.6 Å². The van der Waals surface area contributed by atoms with Crippen LogP contribution in [-0.4, -0.2) is 56.8 Å². The SMILES string of the molecule is Cn1cc(-c2ccc3cnc(NC(=O)CN4CCC(C(F)F)CC4)cc3c2)nn1. The number of alkyl halides is 2. The Labute approximate surface area is 166 Å². The zero-order valence-electron chi connectivity index (χ0n) is 16.1. The van der Waals surface area contributed by atoms with Crippen LogP contribution in [-0.2, 0) is 11.8 Å². The van der Waals surface area contributed by atoms with E-state index in [9.17, 15) is 13.6 Å². The molecule has 0 atom stereocenters. The van der Waals surface area contributed by atoms with Gasteiger partial charge in [0.1, 0.15) is 11.5 Å². The number of aryl methyl sites for hydroxylation is 1. The van der Waals surface area contributed by atoms with Crippen LogP contribution in [0.1, 0.15) is 12.8 Å². The van der Waals surface area contributed by atoms with Crippen LogP contribution >= 0.6 is 0 Å². The van der Waals surface area contributed by atoms with Crippen molar-refractivity contribution in [1.29, 1.82) is 0 Å². The number of piperidine rings is 1. The number of fused-ring (bicyclic) bond motifs is 1. The van der Waals surface area contributed by atoms with Gasteiger partial charge in [0.2, 0.25) is 12.3 Å². The molecule has 0 unspecified atom stereocenters. The van der Waals surface area contributed by atoms with Gasteiger partial charge in [-0.1, -0.05) is 17.3 Å². The zero-order valence-corrected chi connectivity index (χ0v) is 16.1. The van der Waals surface area contributed by atoms with Crippen molar-refractivity contribution in [3.05, 3.63) is 36.7 Å². The molecule has 1 N–H and O–H groups in total. The molecular formula is C20H22F2N6O. The maximum atomic E-state index is 12.7. The summed E-state index contributed by atoms with van der Waals surface area (Å²) in [6.07, 6.45) is 2.11. The summed E-state index contributed by atoms with van der Waals surface area (Å²) in [5, 5.41) is 12.8. The van der Waals surface area contributed by atoms with E-state index in [1.807, 2.05) is 42.4 Å². The van der Waals surface area contributed by atoms with Crippen LogP contribution in [0.3, 0.4) is 0 Å². The summed E-state index contributed by atoms with van der Waals surface area (Å²) in [6.45, 7) is 1.19. The van der Waals surface area contributed by atoms with Gasteiger partial charge in [-0.15, -0.1) is 5.10 Å². The Kier molecular flexibility index (Phi) is 5.48. The lowest BCUT2D eigenvalue weighted by Gasteiger charge is -2.30. The Morgan fingerprint density at radius 1 is 1.24 bits per heavy atom. The van der Waals surface area contributed by atoms with Gasteiger partial charge in [-0.05, 0) is 43.5 Å². The molecule has 1 saturated heterocycles. The van der Waals surface area contributed by atoms with Crippen molar-refractivity contribution in [2.45, 2.75) is 19.3 Å². The molecule has 3 aromatic rings. The molecule has 7 nitrogen and oxygen atoms in total. The van der Waals surface area contributed by atoms with E-state index in [0.29, 0.717) is 31.7 Å². The summed E-state index contributed by atoms with van der Waals surface area (Å²) in [7, 11) is 1.81. The molecule has 0 saturated carbocycles. The number of hydrogen-bond donors (Lipinski definition) is 1. The number of carbonyl (C=O) groups excluding carboxylic acids is 1. The molecule has 152 valence electrons. The highest BCUT2D eigenvalue weighted by Crippen LogP contribution is 2.25. The molecule has 0 radical (unpaired) electrons. The normalized spacial score (nSPS) is 15.9. The number of halogens is 2. The molecule has 3 heterocycles. The molecule has 1 aliphatic rings. The Morgan fingerprint density at radius 2 is 2.03 bits per heavy atom. The lowest BCUT2D eigenvalue weighted by molar-refractivity contribution is -0.117. The standard InChI is InChI=1S/C20H22F2N6O/c1-27-11-17(25-26-27)14-2-3-15-10-23-18(9-16(15)8-14)24-19(29)12-28-6-4-13(5-7-28)20(21)22/h2-3,8-11,13,20H,4-7,12H2,1H3,(H,23,24,29). The Bertz CT molecular complexity index is 1010. The average molecular weight is 400 g/mol. The number of likely N-dealkylation sites (tertiary alicyclic amines) is 1. The predicted octanol–water partition coefficient (Wildman–Crippen LogP) is 2.95. The van der Waals surface area contributed by atoms with Crippen molar-refractivity contribution >= 4 is 22.5 Å². The minimum absolute atomic E-state index is 0.176. The van der Waals surface area contributed by atoms with Crippen LogP contribution in [0.15, 0.2) is 36.7 Å². The second kappa shape index (κ2) is 8.20. The number of aromatic nitrogens is 4. The van der Waals surface area contributed by atoms with E-state index in [2.05, 4.69) is 20.6 Å². The number of pyridine rings is 1. The van der Waals surface area contributed by atoms with E-state index in [0.717, 1.165) is 22.0 Å². The summed E-state index contributed by atoms with van der Waals surface area (Å²) in [6, 6.07) is 7.70. The Hall–Kier alpha value is -2.94. The quantitative estimate of drug-likeness (QED) is 0.713. The zero-order chi connectivity index (χ0) is 20.4. The number of hydrogen-bond acceptors (Lipinski definition) is 5. The molecule has 1 aromatic carbocycles. The van der Waals surface area contributed by atoms with Crippen molar-refractivity contribution < 1.29 is 13.6 Å². The topological polar surface area (TPSA) is 75.9 Å². The van der Waals surface area contributed by atoms with Crippen molar-refractivity contribution in [3.63, 3.8) is 0 Å². The van der Waals surface area contributed by atoms with Gasteiger partial charge in [0.05, 0.1) is 12.7 Å². The first-order valence-electron chi connectivity index (χ1n) is 9.55. The fourth-order valence-corrected chi connectivity index (χ4v) is 3.60. The van der Waals surface area contributed by atoms with Gasteiger partial charge in [-0.25, -0.2) is 13.8 Å². The third-order valence-corrected chi connectivity index (χ3v) is 5.24. The number of nitrogens with one attached hydrogen (secondary N) is 1. The van der Waals surface area contributed by atoms with Gasteiger partial charge in [0.25, 0.3) is 0 Å². The first-order valence-corrected chi connectivity index (χ1v) is 9.55. The molecule has 1 fully saturated rings. The van der Waals surface area contributed by atoms with Crippen LogP contribution in [0, 0.1) is 5.92 Å². The number of anilines is 1. The van der Waals surface area contributed by atoms with Crippen LogP contribution in [0.2, 0.25) is 0 Å². The van der Waals surface area contributed by atoms with Crippen LogP contribution < -0.4 is 5.32 Å². The van der Waals surface area contributed by atoms with Crippen molar-refractivity contribution in [2.24, 2.45) is 13.0 Å². The minimum atomic E-state index is -2.28. The van der Waals surface area contributed by atoms with E-state index >= 15 is 0 Å². The Balaban J connectivity index is 1.42. The molecule has 0 bridgehead atoms. The number of amides is 1. The van der Waals surface area contributed by atoms with Crippen LogP contribution in [0.25, 0.3) is 22.0 Å². The largest absolute Gasteiger partial charge is 0.310 e. The second-order valence-electron chi connectivity index (χ2n) is 7.41. The third-order valence-electron chi connectivity index (χ3n) is 5.24. The van der Waals surface area contributed by atoms with Gasteiger partial charge in [-0.3, -0.25) is 14.4 Å². The third kappa shape index (κ3) is 4.56. The smallest absolute Gasteiger partial charge is 0.241 e. The predicted molar refractivity (Wildman–Crippen MR) is 106 cm³/mol. The molecule has 9 heteroatoms. The Morgan fingerprint density at radius 3 is 2.72 bits per heavy atom. The maximum Gasteiger partial charge on any atom is 0.241 e. The van der Waals surface area contributed by atoms with Crippen LogP contribution in [0.5, 0.6) is 0 Å². The highest BCUT2D eigenvalue weighted by molar-refractivity contribution is 5.94. The fourth-order valence-electron chi connectivity index (χ4n) is 3.60. The number of benzene rings is 1. The molecular weight excluding hydrogens is 378 g/mol. The van der Waals surface area contributed by atoms with E-state index < -0.39 is 12.3 Å². The van der Waals surface area contributed by atoms with Crippen molar-refractivity contribution in [1.82, 2.24) is 24.9 Å². The maximum absolute atomic E-state index is 12.7. The molecule has 2 aromatic heterocycles. The molecule has 0 aliphatic carbocycles. The summed E-state index contributed by atoms with van der Waals surface area (Å²) in [5.74, 6) is -0.293. The van der Waals surface area contributed by atoms with Gasteiger partial charge in [0, 0.05) is 30.1 Å². The van der Waals surface area contributed by atoms with Gasteiger partial charge >= 0.3 is 0 Å². The van der Waals surface area contributed by atoms with Crippen molar-refractivity contribution in [3.8, 4) is 11.3 Å². The van der Waals surface area contributed by atoms with Gasteiger partial charge in [-0.2, -0.15) is 0 Å². The van der Waals surface area contributed by atoms with Gasteiger partial charge < -0.3 is 5.32 Å². The summed E-state index contributed by atoms with van der Waals surface area (Å²) >= 11 is 0. The molecule has 1 amide bonds. The van der Waals surface area contributed by atoms with E-state index in [4.69, 9.17) is 0 Å². The lowest BCUT2D eigenvalue weighted by atomic mass is 9.97. The van der Waals surface area contributed by atoms with Gasteiger partial charge in [0.15, 0.2) is 0 Å².